The number of carbonyl (C=O) groups excluding carboxylic acids is 1. The van der Waals surface area contributed by atoms with Crippen LogP contribution in [0, 0.1) is 12.8 Å². The predicted octanol–water partition coefficient (Wildman–Crippen LogP) is 1.02. The molecule has 98 valence electrons. The molecule has 0 fully saturated rings. The number of hydrogen-bond acceptors (Lipinski definition) is 4. The Morgan fingerprint density at radius 3 is 2.78 bits per heavy atom. The summed E-state index contributed by atoms with van der Waals surface area (Å²) in [6.07, 6.45) is 4.09. The van der Waals surface area contributed by atoms with Crippen LogP contribution in [0.3, 0.4) is 0 Å². The van der Waals surface area contributed by atoms with Gasteiger partial charge in [0.05, 0.1) is 17.2 Å². The Balaban J connectivity index is 2.60. The molecule has 0 aliphatic heterocycles. The number of carboxylic acids is 1. The van der Waals surface area contributed by atoms with E-state index in [2.05, 4.69) is 15.3 Å². The number of aromatic nitrogens is 2. The third-order valence-electron chi connectivity index (χ3n) is 2.65. The zero-order chi connectivity index (χ0) is 13.5. The van der Waals surface area contributed by atoms with Gasteiger partial charge in [-0.1, -0.05) is 13.3 Å². The molecular formula is C12H17N3O3. The molecule has 0 aromatic carbocycles. The minimum atomic E-state index is -0.891. The van der Waals surface area contributed by atoms with E-state index in [0.29, 0.717) is 17.7 Å². The van der Waals surface area contributed by atoms with E-state index in [1.807, 2.05) is 6.92 Å². The lowest BCUT2D eigenvalue weighted by atomic mass is 10.0. The lowest BCUT2D eigenvalue weighted by Crippen LogP contribution is -2.33. The molecule has 1 atom stereocenters. The van der Waals surface area contributed by atoms with E-state index in [-0.39, 0.29) is 12.5 Å². The van der Waals surface area contributed by atoms with Gasteiger partial charge in [-0.05, 0) is 13.3 Å². The minimum Gasteiger partial charge on any atom is -0.481 e. The highest BCUT2D eigenvalue weighted by atomic mass is 16.4. The van der Waals surface area contributed by atoms with Crippen LogP contribution < -0.4 is 5.32 Å². The van der Waals surface area contributed by atoms with Crippen molar-refractivity contribution >= 4 is 11.9 Å². The Hall–Kier alpha value is -1.98. The highest BCUT2D eigenvalue weighted by Crippen LogP contribution is 2.06. The zero-order valence-corrected chi connectivity index (χ0v) is 10.5. The second kappa shape index (κ2) is 6.68. The van der Waals surface area contributed by atoms with Crippen molar-refractivity contribution in [2.75, 3.05) is 6.54 Å². The summed E-state index contributed by atoms with van der Waals surface area (Å²) in [6, 6.07) is 0. The van der Waals surface area contributed by atoms with Crippen molar-refractivity contribution in [2.24, 2.45) is 5.92 Å². The molecule has 6 heteroatoms. The number of amides is 1. The molecule has 18 heavy (non-hydrogen) atoms. The molecule has 2 N–H and O–H groups in total. The molecular weight excluding hydrogens is 234 g/mol. The Bertz CT molecular complexity index is 434. The van der Waals surface area contributed by atoms with Gasteiger partial charge in [0, 0.05) is 12.7 Å². The van der Waals surface area contributed by atoms with E-state index in [1.54, 1.807) is 6.92 Å². The van der Waals surface area contributed by atoms with Crippen LogP contribution in [0.1, 0.15) is 35.8 Å². The number of carboxylic acid groups (broad SMARTS) is 1. The largest absolute Gasteiger partial charge is 0.481 e. The van der Waals surface area contributed by atoms with Crippen molar-refractivity contribution in [2.45, 2.75) is 26.7 Å². The number of hydrogen-bond donors (Lipinski definition) is 2. The summed E-state index contributed by atoms with van der Waals surface area (Å²) in [5.74, 6) is -1.78. The normalized spacial score (nSPS) is 11.9. The van der Waals surface area contributed by atoms with E-state index in [4.69, 9.17) is 5.11 Å². The number of aliphatic carboxylic acids is 1. The molecule has 0 radical (unpaired) electrons. The first-order chi connectivity index (χ1) is 8.56. The summed E-state index contributed by atoms with van der Waals surface area (Å²) in [5, 5.41) is 11.6. The van der Waals surface area contributed by atoms with Gasteiger partial charge in [-0.25, -0.2) is 9.97 Å². The van der Waals surface area contributed by atoms with Crippen molar-refractivity contribution in [1.29, 1.82) is 0 Å². The summed E-state index contributed by atoms with van der Waals surface area (Å²) < 4.78 is 0. The fourth-order valence-electron chi connectivity index (χ4n) is 1.59. The fraction of sp³-hybridized carbons (Fsp3) is 0.500. The quantitative estimate of drug-likeness (QED) is 0.787. The van der Waals surface area contributed by atoms with Crippen LogP contribution in [0.15, 0.2) is 12.5 Å². The van der Waals surface area contributed by atoms with Crippen molar-refractivity contribution in [3.63, 3.8) is 0 Å². The van der Waals surface area contributed by atoms with Crippen LogP contribution in [-0.4, -0.2) is 33.5 Å². The molecule has 0 aliphatic rings. The third-order valence-corrected chi connectivity index (χ3v) is 2.65. The van der Waals surface area contributed by atoms with E-state index >= 15 is 0 Å². The van der Waals surface area contributed by atoms with Gasteiger partial charge in [0.1, 0.15) is 6.33 Å². The SMILES string of the molecule is CCCC(CNC(=O)c1cncnc1C)C(=O)O. The standard InChI is InChI=1S/C12H17N3O3/c1-3-4-9(12(17)18)5-14-11(16)10-6-13-7-15-8(10)2/h6-7,9H,3-5H2,1-2H3,(H,14,16)(H,17,18). The molecule has 1 aromatic rings. The smallest absolute Gasteiger partial charge is 0.308 e. The van der Waals surface area contributed by atoms with Gasteiger partial charge in [-0.2, -0.15) is 0 Å². The first-order valence-electron chi connectivity index (χ1n) is 5.83. The average molecular weight is 251 g/mol. The molecule has 1 unspecified atom stereocenters. The van der Waals surface area contributed by atoms with Crippen LogP contribution in [0.5, 0.6) is 0 Å². The van der Waals surface area contributed by atoms with Gasteiger partial charge < -0.3 is 10.4 Å². The molecule has 1 rings (SSSR count). The Kier molecular flexibility index (Phi) is 5.23. The van der Waals surface area contributed by atoms with Gasteiger partial charge in [0.15, 0.2) is 0 Å². The number of rotatable bonds is 6. The predicted molar refractivity (Wildman–Crippen MR) is 65.1 cm³/mol. The molecule has 1 heterocycles. The van der Waals surface area contributed by atoms with Crippen molar-refractivity contribution in [3.8, 4) is 0 Å². The maximum Gasteiger partial charge on any atom is 0.308 e. The summed E-state index contributed by atoms with van der Waals surface area (Å²) >= 11 is 0. The van der Waals surface area contributed by atoms with Gasteiger partial charge in [0.25, 0.3) is 5.91 Å². The fourth-order valence-corrected chi connectivity index (χ4v) is 1.59. The van der Waals surface area contributed by atoms with E-state index < -0.39 is 11.9 Å². The summed E-state index contributed by atoms with van der Waals surface area (Å²) in [6.45, 7) is 3.74. The third kappa shape index (κ3) is 3.80. The lowest BCUT2D eigenvalue weighted by Gasteiger charge is -2.12. The van der Waals surface area contributed by atoms with Crippen LogP contribution >= 0.6 is 0 Å². The topological polar surface area (TPSA) is 92.2 Å². The molecule has 0 saturated carbocycles. The lowest BCUT2D eigenvalue weighted by molar-refractivity contribution is -0.141. The second-order valence-corrected chi connectivity index (χ2v) is 4.06. The van der Waals surface area contributed by atoms with Crippen LogP contribution in [0.25, 0.3) is 0 Å². The first-order valence-corrected chi connectivity index (χ1v) is 5.83. The van der Waals surface area contributed by atoms with Crippen LogP contribution in [0.2, 0.25) is 0 Å². The zero-order valence-electron chi connectivity index (χ0n) is 10.5. The summed E-state index contributed by atoms with van der Waals surface area (Å²) in [7, 11) is 0. The van der Waals surface area contributed by atoms with Crippen molar-refractivity contribution in [3.05, 3.63) is 23.8 Å². The molecule has 1 aromatic heterocycles. The van der Waals surface area contributed by atoms with E-state index in [1.165, 1.54) is 12.5 Å². The molecule has 1 amide bonds. The number of nitrogens with one attached hydrogen (secondary N) is 1. The summed E-state index contributed by atoms with van der Waals surface area (Å²) in [5.41, 5.74) is 0.947. The Morgan fingerprint density at radius 2 is 2.22 bits per heavy atom. The molecule has 0 spiro atoms. The molecule has 6 nitrogen and oxygen atoms in total. The second-order valence-electron chi connectivity index (χ2n) is 4.06. The monoisotopic (exact) mass is 251 g/mol. The maximum atomic E-state index is 11.8. The molecule has 0 saturated heterocycles. The van der Waals surface area contributed by atoms with Gasteiger partial charge in [-0.3, -0.25) is 9.59 Å². The highest BCUT2D eigenvalue weighted by Gasteiger charge is 2.18. The summed E-state index contributed by atoms with van der Waals surface area (Å²) in [4.78, 5) is 30.4. The Morgan fingerprint density at radius 1 is 1.50 bits per heavy atom. The van der Waals surface area contributed by atoms with E-state index in [9.17, 15) is 9.59 Å². The van der Waals surface area contributed by atoms with Crippen molar-refractivity contribution in [1.82, 2.24) is 15.3 Å². The van der Waals surface area contributed by atoms with Crippen LogP contribution in [0.4, 0.5) is 0 Å². The Labute approximate surface area is 105 Å². The van der Waals surface area contributed by atoms with E-state index in [0.717, 1.165) is 6.42 Å². The maximum absolute atomic E-state index is 11.8. The van der Waals surface area contributed by atoms with Gasteiger partial charge in [-0.15, -0.1) is 0 Å². The van der Waals surface area contributed by atoms with Crippen LogP contribution in [-0.2, 0) is 4.79 Å². The average Bonchev–Trinajstić information content (AvgIpc) is 2.34. The number of nitrogens with zero attached hydrogens (tertiary/aromatic N) is 2. The van der Waals surface area contributed by atoms with Gasteiger partial charge in [0.2, 0.25) is 0 Å². The van der Waals surface area contributed by atoms with Crippen molar-refractivity contribution < 1.29 is 14.7 Å². The molecule has 0 bridgehead atoms. The number of aryl methyl sites for hydroxylation is 1. The minimum absolute atomic E-state index is 0.121. The van der Waals surface area contributed by atoms with Gasteiger partial charge >= 0.3 is 5.97 Å². The molecule has 0 aliphatic carbocycles. The number of carbonyl (C=O) groups is 2. The first kappa shape index (κ1) is 14.1. The highest BCUT2D eigenvalue weighted by molar-refractivity contribution is 5.95.